The summed E-state index contributed by atoms with van der Waals surface area (Å²) >= 11 is 0. The van der Waals surface area contributed by atoms with Gasteiger partial charge in [0.05, 0.1) is 0 Å². The Bertz CT molecular complexity index is 436. The Morgan fingerprint density at radius 3 is 1.31 bits per heavy atom. The quantitative estimate of drug-likeness (QED) is 0.0780. The fourth-order valence-electron chi connectivity index (χ4n) is 5.04. The molecule has 1 atom stereocenters. The molecule has 0 fully saturated rings. The van der Waals surface area contributed by atoms with Gasteiger partial charge in [0.25, 0.3) is 0 Å². The molecule has 208 valence electrons. The molecule has 0 amide bonds. The van der Waals surface area contributed by atoms with Crippen LogP contribution in [0.15, 0.2) is 24.3 Å². The van der Waals surface area contributed by atoms with Gasteiger partial charge in [-0.15, -0.1) is 0 Å². The van der Waals surface area contributed by atoms with Crippen molar-refractivity contribution < 1.29 is 0 Å². The van der Waals surface area contributed by atoms with E-state index in [1.807, 2.05) is 0 Å². The van der Waals surface area contributed by atoms with E-state index in [4.69, 9.17) is 0 Å². The number of hydrogen-bond acceptors (Lipinski definition) is 1. The lowest BCUT2D eigenvalue weighted by molar-refractivity contribution is 0.314. The molecule has 0 spiro atoms. The second-order valence-electron chi connectivity index (χ2n) is 11.4. The van der Waals surface area contributed by atoms with Gasteiger partial charge in [0.1, 0.15) is 0 Å². The Balaban J connectivity index is 3.60. The Morgan fingerprint density at radius 2 is 0.857 bits per heavy atom. The minimum absolute atomic E-state index is 0.968. The molecule has 0 saturated carbocycles. The van der Waals surface area contributed by atoms with Crippen LogP contribution in [0.5, 0.6) is 0 Å². The van der Waals surface area contributed by atoms with Gasteiger partial charge in [0.15, 0.2) is 0 Å². The number of hydrogen-bond donors (Lipinski definition) is 0. The van der Waals surface area contributed by atoms with Crippen LogP contribution in [0, 0.1) is 5.92 Å². The van der Waals surface area contributed by atoms with Crippen LogP contribution in [0.1, 0.15) is 168 Å². The molecular weight excluding hydrogens is 422 g/mol. The van der Waals surface area contributed by atoms with E-state index in [1.54, 1.807) is 0 Å². The molecule has 0 aromatic carbocycles. The molecule has 0 rings (SSSR count). The number of nitrogens with zero attached hydrogens (tertiary/aromatic N) is 1. The summed E-state index contributed by atoms with van der Waals surface area (Å²) in [6.07, 6.45) is 43.2. The third-order valence-corrected chi connectivity index (χ3v) is 7.51. The van der Waals surface area contributed by atoms with Crippen molar-refractivity contribution >= 4 is 0 Å². The van der Waals surface area contributed by atoms with Crippen molar-refractivity contribution in [1.29, 1.82) is 0 Å². The van der Waals surface area contributed by atoms with Gasteiger partial charge in [-0.1, -0.05) is 154 Å². The van der Waals surface area contributed by atoms with Crippen LogP contribution in [0.3, 0.4) is 0 Å². The summed E-state index contributed by atoms with van der Waals surface area (Å²) in [5.74, 6) is 0.968. The molecule has 1 nitrogen and oxygen atoms in total. The van der Waals surface area contributed by atoms with Gasteiger partial charge in [-0.05, 0) is 65.1 Å². The van der Waals surface area contributed by atoms with E-state index in [1.165, 1.54) is 154 Å². The van der Waals surface area contributed by atoms with Gasteiger partial charge < -0.3 is 4.90 Å². The van der Waals surface area contributed by atoms with Crippen LogP contribution in [-0.4, -0.2) is 25.5 Å². The lowest BCUT2D eigenvalue weighted by atomic mass is 9.91. The molecule has 1 heteroatoms. The maximum Gasteiger partial charge on any atom is -0.00222 e. The molecular formula is C34H67N. The predicted molar refractivity (Wildman–Crippen MR) is 162 cm³/mol. The zero-order chi connectivity index (χ0) is 25.7. The highest BCUT2D eigenvalue weighted by atomic mass is 15.0. The van der Waals surface area contributed by atoms with Crippen LogP contribution >= 0.6 is 0 Å². The first kappa shape index (κ1) is 34.4. The van der Waals surface area contributed by atoms with E-state index >= 15 is 0 Å². The molecule has 0 aliphatic carbocycles. The first-order chi connectivity index (χ1) is 17.2. The largest absolute Gasteiger partial charge is 0.309 e. The summed E-state index contributed by atoms with van der Waals surface area (Å²) in [5, 5.41) is 0. The monoisotopic (exact) mass is 490 g/mol. The topological polar surface area (TPSA) is 3.24 Å². The second-order valence-corrected chi connectivity index (χ2v) is 11.4. The first-order valence-electron chi connectivity index (χ1n) is 16.1. The minimum Gasteiger partial charge on any atom is -0.309 e. The van der Waals surface area contributed by atoms with E-state index in [0.717, 1.165) is 12.3 Å². The number of allylic oxidation sites excluding steroid dienone is 4. The van der Waals surface area contributed by atoms with Crippen LogP contribution in [0.25, 0.3) is 0 Å². The van der Waals surface area contributed by atoms with Crippen molar-refractivity contribution in [2.24, 2.45) is 5.92 Å². The maximum atomic E-state index is 2.40. The Morgan fingerprint density at radius 1 is 0.457 bits per heavy atom. The molecule has 0 aliphatic heterocycles. The van der Waals surface area contributed by atoms with Gasteiger partial charge in [0, 0.05) is 0 Å². The predicted octanol–water partition coefficient (Wildman–Crippen LogP) is 11.7. The van der Waals surface area contributed by atoms with Crippen molar-refractivity contribution in [2.75, 3.05) is 20.6 Å². The molecule has 0 bridgehead atoms. The van der Waals surface area contributed by atoms with Crippen LogP contribution < -0.4 is 0 Å². The minimum atomic E-state index is 0.968. The Kier molecular flexibility index (Phi) is 29.2. The molecule has 0 heterocycles. The summed E-state index contributed by atoms with van der Waals surface area (Å²) in [5.41, 5.74) is 0. The molecule has 0 radical (unpaired) electrons. The Hall–Kier alpha value is -0.560. The van der Waals surface area contributed by atoms with Crippen molar-refractivity contribution in [3.8, 4) is 0 Å². The zero-order valence-electron chi connectivity index (χ0n) is 25.0. The average molecular weight is 490 g/mol. The second kappa shape index (κ2) is 29.7. The molecule has 0 saturated heterocycles. The smallest absolute Gasteiger partial charge is 0.00222 e. The first-order valence-corrected chi connectivity index (χ1v) is 16.1. The number of unbranched alkanes of at least 4 members (excludes halogenated alkanes) is 17. The molecule has 0 N–H and O–H groups in total. The summed E-state index contributed by atoms with van der Waals surface area (Å²) in [6, 6.07) is 0. The maximum absolute atomic E-state index is 2.40. The van der Waals surface area contributed by atoms with Crippen molar-refractivity contribution in [3.05, 3.63) is 24.3 Å². The third kappa shape index (κ3) is 29.6. The molecule has 1 unspecified atom stereocenters. The summed E-state index contributed by atoms with van der Waals surface area (Å²) < 4.78 is 0. The number of rotatable bonds is 28. The van der Waals surface area contributed by atoms with Crippen molar-refractivity contribution in [3.63, 3.8) is 0 Å². The molecule has 0 aromatic heterocycles. The standard InChI is InChI=1S/C34H67N/c1-5-7-9-11-13-14-15-16-17-18-19-20-21-22-23-25-27-29-31-34(32-33-35(3)4)30-28-26-24-12-10-8-6-2/h14-15,17-18,34H,5-13,16,19-33H2,1-4H3. The van der Waals surface area contributed by atoms with Crippen LogP contribution in [-0.2, 0) is 0 Å². The van der Waals surface area contributed by atoms with E-state index in [2.05, 4.69) is 57.1 Å². The molecule has 0 aromatic rings. The van der Waals surface area contributed by atoms with Gasteiger partial charge in [0.2, 0.25) is 0 Å². The summed E-state index contributed by atoms with van der Waals surface area (Å²) in [4.78, 5) is 2.37. The van der Waals surface area contributed by atoms with E-state index in [9.17, 15) is 0 Å². The van der Waals surface area contributed by atoms with Gasteiger partial charge in [-0.25, -0.2) is 0 Å². The van der Waals surface area contributed by atoms with E-state index < -0.39 is 0 Å². The summed E-state index contributed by atoms with van der Waals surface area (Å²) in [6.45, 7) is 5.86. The van der Waals surface area contributed by atoms with Crippen LogP contribution in [0.4, 0.5) is 0 Å². The fraction of sp³-hybridized carbons (Fsp3) is 0.882. The molecule has 35 heavy (non-hydrogen) atoms. The van der Waals surface area contributed by atoms with Gasteiger partial charge >= 0.3 is 0 Å². The van der Waals surface area contributed by atoms with E-state index in [0.29, 0.717) is 0 Å². The lowest BCUT2D eigenvalue weighted by Crippen LogP contribution is -2.17. The van der Waals surface area contributed by atoms with Crippen molar-refractivity contribution in [2.45, 2.75) is 168 Å². The Labute approximate surface area is 223 Å². The highest BCUT2D eigenvalue weighted by Crippen LogP contribution is 2.22. The fourth-order valence-corrected chi connectivity index (χ4v) is 5.04. The highest BCUT2D eigenvalue weighted by molar-refractivity contribution is 4.92. The van der Waals surface area contributed by atoms with Gasteiger partial charge in [-0.3, -0.25) is 0 Å². The van der Waals surface area contributed by atoms with E-state index in [-0.39, 0.29) is 0 Å². The zero-order valence-corrected chi connectivity index (χ0v) is 25.0. The average Bonchev–Trinajstić information content (AvgIpc) is 2.85. The van der Waals surface area contributed by atoms with Crippen LogP contribution in [0.2, 0.25) is 0 Å². The highest BCUT2D eigenvalue weighted by Gasteiger charge is 2.09. The normalized spacial score (nSPS) is 13.1. The SMILES string of the molecule is CCCCCCC=CCC=CCCCCCCCCCC(CCCCCCCCC)CCN(C)C. The van der Waals surface area contributed by atoms with Crippen molar-refractivity contribution in [1.82, 2.24) is 4.90 Å². The molecule has 0 aliphatic rings. The lowest BCUT2D eigenvalue weighted by Gasteiger charge is -2.19. The third-order valence-electron chi connectivity index (χ3n) is 7.51. The van der Waals surface area contributed by atoms with Gasteiger partial charge in [-0.2, -0.15) is 0 Å². The summed E-state index contributed by atoms with van der Waals surface area (Å²) in [7, 11) is 4.46.